The van der Waals surface area contributed by atoms with Crippen molar-refractivity contribution in [2.45, 2.75) is 45.8 Å². The molecule has 0 saturated carbocycles. The molecule has 3 aromatic rings. The van der Waals surface area contributed by atoms with Gasteiger partial charge in [-0.2, -0.15) is 18.2 Å². The molecule has 0 amide bonds. The number of aldehydes is 1. The number of anilines is 5. The fraction of sp³-hybridized carbons (Fsp3) is 0.469. The zero-order valence-corrected chi connectivity index (χ0v) is 26.8. The molecule has 2 N–H and O–H groups in total. The van der Waals surface area contributed by atoms with Crippen molar-refractivity contribution in [3.63, 3.8) is 0 Å². The molecule has 12 heteroatoms. The molecule has 0 unspecified atom stereocenters. The van der Waals surface area contributed by atoms with Crippen LogP contribution in [0.25, 0.3) is 0 Å². The van der Waals surface area contributed by atoms with Gasteiger partial charge in [0.2, 0.25) is 5.95 Å². The second kappa shape index (κ2) is 14.6. The van der Waals surface area contributed by atoms with Crippen LogP contribution in [0.2, 0.25) is 0 Å². The Morgan fingerprint density at radius 3 is 2.34 bits per heavy atom. The number of hydrogen-bond donors (Lipinski definition) is 2. The van der Waals surface area contributed by atoms with Gasteiger partial charge >= 0.3 is 6.18 Å². The van der Waals surface area contributed by atoms with E-state index in [9.17, 15) is 18.0 Å². The Kier molecular flexibility index (Phi) is 11.4. The van der Waals surface area contributed by atoms with Crippen molar-refractivity contribution in [1.29, 1.82) is 0 Å². The van der Waals surface area contributed by atoms with Gasteiger partial charge < -0.3 is 34.9 Å². The van der Waals surface area contributed by atoms with Crippen molar-refractivity contribution in [3.8, 4) is 5.75 Å². The highest BCUT2D eigenvalue weighted by Crippen LogP contribution is 2.37. The van der Waals surface area contributed by atoms with E-state index in [4.69, 9.17) is 4.74 Å². The van der Waals surface area contributed by atoms with E-state index in [-0.39, 0.29) is 18.3 Å². The minimum absolute atomic E-state index is 0.00586. The number of nitrogens with one attached hydrogen (secondary N) is 2. The van der Waals surface area contributed by atoms with Gasteiger partial charge in [0.25, 0.3) is 0 Å². The molecule has 0 bridgehead atoms. The molecule has 9 nitrogen and oxygen atoms in total. The zero-order valence-electron chi connectivity index (χ0n) is 26.8. The Bertz CT molecular complexity index is 1410. The highest BCUT2D eigenvalue weighted by molar-refractivity contribution is 5.75. The monoisotopic (exact) mass is 615 g/mol. The van der Waals surface area contributed by atoms with Crippen LogP contribution in [0.4, 0.5) is 42.0 Å². The highest BCUT2D eigenvalue weighted by atomic mass is 19.4. The Morgan fingerprint density at radius 2 is 1.75 bits per heavy atom. The van der Waals surface area contributed by atoms with Gasteiger partial charge in [0.15, 0.2) is 0 Å². The van der Waals surface area contributed by atoms with E-state index in [1.54, 1.807) is 26.0 Å². The minimum Gasteiger partial charge on any atom is -0.494 e. The third kappa shape index (κ3) is 8.31. The van der Waals surface area contributed by atoms with Gasteiger partial charge in [0.1, 0.15) is 23.4 Å². The number of benzene rings is 2. The maximum atomic E-state index is 14.0. The SMILES string of the molecule is CCN(C)CCN(CC)c1ccc(Nc2ncc(C(F)(F)F)c(NCc3cccc(N(C)C)c3C(C)(C)C=O)n2)c(OC)c1. The van der Waals surface area contributed by atoms with Crippen LogP contribution in [-0.2, 0) is 22.9 Å². The number of carbonyl (C=O) groups is 1. The van der Waals surface area contributed by atoms with Crippen molar-refractivity contribution in [1.82, 2.24) is 14.9 Å². The molecule has 0 aliphatic rings. The summed E-state index contributed by atoms with van der Waals surface area (Å²) in [4.78, 5) is 26.5. The molecule has 1 heterocycles. The fourth-order valence-corrected chi connectivity index (χ4v) is 4.89. The van der Waals surface area contributed by atoms with E-state index in [2.05, 4.69) is 51.3 Å². The number of likely N-dealkylation sites (N-methyl/N-ethyl adjacent to an activating group) is 2. The van der Waals surface area contributed by atoms with Crippen LogP contribution < -0.4 is 25.2 Å². The van der Waals surface area contributed by atoms with Crippen LogP contribution in [0.3, 0.4) is 0 Å². The molecule has 3 rings (SSSR count). The lowest BCUT2D eigenvalue weighted by atomic mass is 9.81. The van der Waals surface area contributed by atoms with Crippen molar-refractivity contribution >= 4 is 35.1 Å². The van der Waals surface area contributed by atoms with Crippen LogP contribution in [0.15, 0.2) is 42.6 Å². The summed E-state index contributed by atoms with van der Waals surface area (Å²) in [6.07, 6.45) is -3.09. The number of aromatic nitrogens is 2. The summed E-state index contributed by atoms with van der Waals surface area (Å²) in [5.41, 5.74) is 1.81. The van der Waals surface area contributed by atoms with Crippen molar-refractivity contribution in [2.24, 2.45) is 0 Å². The van der Waals surface area contributed by atoms with Crippen LogP contribution in [0.1, 0.15) is 44.4 Å². The lowest BCUT2D eigenvalue weighted by Gasteiger charge is -2.28. The molecule has 0 fully saturated rings. The predicted octanol–water partition coefficient (Wildman–Crippen LogP) is 6.18. The molecule has 1 aromatic heterocycles. The van der Waals surface area contributed by atoms with Crippen molar-refractivity contribution in [2.75, 3.05) is 74.9 Å². The van der Waals surface area contributed by atoms with Crippen molar-refractivity contribution in [3.05, 3.63) is 59.3 Å². The van der Waals surface area contributed by atoms with Crippen LogP contribution in [-0.4, -0.2) is 75.6 Å². The lowest BCUT2D eigenvalue weighted by Crippen LogP contribution is -2.33. The van der Waals surface area contributed by atoms with Gasteiger partial charge in [-0.05, 0) is 63.7 Å². The second-order valence-corrected chi connectivity index (χ2v) is 11.3. The molecular formula is C32H44F3N7O2. The Morgan fingerprint density at radius 1 is 1.02 bits per heavy atom. The number of hydrogen-bond acceptors (Lipinski definition) is 9. The molecule has 240 valence electrons. The quantitative estimate of drug-likeness (QED) is 0.195. The average molecular weight is 616 g/mol. The predicted molar refractivity (Wildman–Crippen MR) is 172 cm³/mol. The van der Waals surface area contributed by atoms with Crippen molar-refractivity contribution < 1.29 is 22.7 Å². The molecule has 44 heavy (non-hydrogen) atoms. The number of rotatable bonds is 15. The number of carbonyl (C=O) groups excluding carboxylic acids is 1. The van der Waals surface area contributed by atoms with Crippen LogP contribution in [0.5, 0.6) is 5.75 Å². The molecule has 0 aliphatic carbocycles. The van der Waals surface area contributed by atoms with E-state index >= 15 is 0 Å². The fourth-order valence-electron chi connectivity index (χ4n) is 4.89. The second-order valence-electron chi connectivity index (χ2n) is 11.3. The maximum Gasteiger partial charge on any atom is 0.421 e. The average Bonchev–Trinajstić information content (AvgIpc) is 2.99. The molecular weight excluding hydrogens is 571 g/mol. The van der Waals surface area contributed by atoms with Gasteiger partial charge in [-0.15, -0.1) is 0 Å². The summed E-state index contributed by atoms with van der Waals surface area (Å²) in [6.45, 7) is 11.2. The third-order valence-corrected chi connectivity index (χ3v) is 7.56. The van der Waals surface area contributed by atoms with E-state index in [0.29, 0.717) is 17.0 Å². The molecule has 0 spiro atoms. The summed E-state index contributed by atoms with van der Waals surface area (Å²) >= 11 is 0. The normalized spacial score (nSPS) is 11.8. The largest absolute Gasteiger partial charge is 0.494 e. The standard InChI is InChI=1S/C32H44F3N7O2/c1-9-41(7)16-17-42(10-2)23-14-15-25(27(18-23)44-8)38-30-37-20-24(32(33,34)35)29(39-30)36-19-22-12-11-13-26(40(5)6)28(22)31(3,4)21-43/h11-15,18,20-21H,9-10,16-17,19H2,1-8H3,(H2,36,37,38,39). The molecule has 0 atom stereocenters. The number of nitrogens with zero attached hydrogens (tertiary/aromatic N) is 5. The first kappa shape index (κ1) is 34.4. The molecule has 0 saturated heterocycles. The smallest absolute Gasteiger partial charge is 0.421 e. The van der Waals surface area contributed by atoms with Gasteiger partial charge in [-0.1, -0.05) is 19.1 Å². The summed E-state index contributed by atoms with van der Waals surface area (Å²) in [5, 5.41) is 5.88. The van der Waals surface area contributed by atoms with Gasteiger partial charge in [0.05, 0.1) is 12.8 Å². The number of alkyl halides is 3. The summed E-state index contributed by atoms with van der Waals surface area (Å²) in [6, 6.07) is 11.1. The van der Waals surface area contributed by atoms with E-state index < -0.39 is 17.2 Å². The van der Waals surface area contributed by atoms with Gasteiger partial charge in [-0.25, -0.2) is 4.98 Å². The molecule has 0 aliphatic heterocycles. The first-order valence-electron chi connectivity index (χ1n) is 14.6. The topological polar surface area (TPSA) is 85.9 Å². The van der Waals surface area contributed by atoms with Gasteiger partial charge in [-0.3, -0.25) is 0 Å². The summed E-state index contributed by atoms with van der Waals surface area (Å²) in [5.74, 6) is 0.0934. The Hall–Kier alpha value is -4.06. The van der Waals surface area contributed by atoms with Gasteiger partial charge in [0, 0.05) is 69.3 Å². The number of methoxy groups -OCH3 is 1. The molecule has 2 aromatic carbocycles. The highest BCUT2D eigenvalue weighted by Gasteiger charge is 2.36. The maximum absolute atomic E-state index is 14.0. The zero-order chi connectivity index (χ0) is 32.7. The van der Waals surface area contributed by atoms with E-state index in [1.165, 1.54) is 7.11 Å². The Balaban J connectivity index is 1.94. The molecule has 0 radical (unpaired) electrons. The number of ether oxygens (including phenoxy) is 1. The van der Waals surface area contributed by atoms with Crippen LogP contribution >= 0.6 is 0 Å². The first-order chi connectivity index (χ1) is 20.7. The lowest BCUT2D eigenvalue weighted by molar-refractivity contribution is -0.137. The summed E-state index contributed by atoms with van der Waals surface area (Å²) in [7, 11) is 7.31. The summed E-state index contributed by atoms with van der Waals surface area (Å²) < 4.78 is 47.7. The number of halogens is 3. The van der Waals surface area contributed by atoms with E-state index in [1.807, 2.05) is 43.3 Å². The van der Waals surface area contributed by atoms with Crippen LogP contribution in [0, 0.1) is 0 Å². The Labute approximate surface area is 258 Å². The minimum atomic E-state index is -4.69. The van der Waals surface area contributed by atoms with E-state index in [0.717, 1.165) is 55.6 Å². The first-order valence-corrected chi connectivity index (χ1v) is 14.6. The third-order valence-electron chi connectivity index (χ3n) is 7.56.